The SMILES string of the molecule is CCc1cccc(C)c1N(CC(=O)Nc1ccc(Cl)cc1C)C(C)=O. The van der Waals surface area contributed by atoms with E-state index in [-0.39, 0.29) is 18.4 Å². The van der Waals surface area contributed by atoms with Gasteiger partial charge in [0.05, 0.1) is 5.69 Å². The molecule has 0 unspecified atom stereocenters. The molecule has 4 nitrogen and oxygen atoms in total. The van der Waals surface area contributed by atoms with Crippen molar-refractivity contribution in [3.05, 3.63) is 58.1 Å². The summed E-state index contributed by atoms with van der Waals surface area (Å²) in [5, 5.41) is 3.48. The predicted octanol–water partition coefficient (Wildman–Crippen LogP) is 4.51. The van der Waals surface area contributed by atoms with Crippen LogP contribution in [0.25, 0.3) is 0 Å². The summed E-state index contributed by atoms with van der Waals surface area (Å²) >= 11 is 5.94. The number of amides is 2. The molecule has 0 saturated heterocycles. The van der Waals surface area contributed by atoms with Crippen LogP contribution in [0.4, 0.5) is 11.4 Å². The monoisotopic (exact) mass is 358 g/mol. The highest BCUT2D eigenvalue weighted by atomic mass is 35.5. The van der Waals surface area contributed by atoms with Crippen molar-refractivity contribution < 1.29 is 9.59 Å². The molecule has 0 spiro atoms. The number of benzene rings is 2. The van der Waals surface area contributed by atoms with Crippen LogP contribution in [-0.2, 0) is 16.0 Å². The average Bonchev–Trinajstić information content (AvgIpc) is 2.55. The van der Waals surface area contributed by atoms with Gasteiger partial charge in [-0.3, -0.25) is 9.59 Å². The number of hydrogen-bond acceptors (Lipinski definition) is 2. The topological polar surface area (TPSA) is 49.4 Å². The highest BCUT2D eigenvalue weighted by Gasteiger charge is 2.20. The van der Waals surface area contributed by atoms with Gasteiger partial charge in [0, 0.05) is 17.6 Å². The van der Waals surface area contributed by atoms with Crippen molar-refractivity contribution in [3.8, 4) is 0 Å². The van der Waals surface area contributed by atoms with Gasteiger partial charge < -0.3 is 10.2 Å². The van der Waals surface area contributed by atoms with Crippen LogP contribution >= 0.6 is 11.6 Å². The maximum Gasteiger partial charge on any atom is 0.244 e. The second-order valence-electron chi connectivity index (χ2n) is 6.05. The lowest BCUT2D eigenvalue weighted by atomic mass is 10.0. The van der Waals surface area contributed by atoms with Crippen molar-refractivity contribution in [1.29, 1.82) is 0 Å². The van der Waals surface area contributed by atoms with Gasteiger partial charge in [-0.25, -0.2) is 0 Å². The molecule has 0 heterocycles. The van der Waals surface area contributed by atoms with Gasteiger partial charge in [0.1, 0.15) is 6.54 Å². The van der Waals surface area contributed by atoms with Crippen LogP contribution < -0.4 is 10.2 Å². The van der Waals surface area contributed by atoms with Gasteiger partial charge in [0.15, 0.2) is 0 Å². The number of para-hydroxylation sites is 1. The molecule has 5 heteroatoms. The molecule has 0 atom stereocenters. The van der Waals surface area contributed by atoms with Gasteiger partial charge in [0.25, 0.3) is 0 Å². The molecule has 0 fully saturated rings. The number of halogens is 1. The molecule has 2 rings (SSSR count). The predicted molar refractivity (Wildman–Crippen MR) is 103 cm³/mol. The first-order chi connectivity index (χ1) is 11.8. The van der Waals surface area contributed by atoms with E-state index in [1.165, 1.54) is 11.8 Å². The number of carbonyl (C=O) groups excluding carboxylic acids is 2. The van der Waals surface area contributed by atoms with E-state index in [0.29, 0.717) is 10.7 Å². The fourth-order valence-corrected chi connectivity index (χ4v) is 3.07. The number of carbonyl (C=O) groups is 2. The Bertz CT molecular complexity index is 802. The number of anilines is 2. The zero-order chi connectivity index (χ0) is 18.6. The number of nitrogens with zero attached hydrogens (tertiary/aromatic N) is 1. The maximum absolute atomic E-state index is 12.5. The van der Waals surface area contributed by atoms with Crippen LogP contribution in [0.1, 0.15) is 30.5 Å². The lowest BCUT2D eigenvalue weighted by Gasteiger charge is -2.25. The summed E-state index contributed by atoms with van der Waals surface area (Å²) in [5.74, 6) is -0.405. The van der Waals surface area contributed by atoms with Crippen LogP contribution in [0.3, 0.4) is 0 Å². The Hall–Kier alpha value is -2.33. The number of aryl methyl sites for hydroxylation is 3. The van der Waals surface area contributed by atoms with Gasteiger partial charge in [0.2, 0.25) is 11.8 Å². The second-order valence-corrected chi connectivity index (χ2v) is 6.49. The zero-order valence-electron chi connectivity index (χ0n) is 15.0. The van der Waals surface area contributed by atoms with Crippen LogP contribution in [0.2, 0.25) is 5.02 Å². The van der Waals surface area contributed by atoms with Crippen LogP contribution in [0.5, 0.6) is 0 Å². The Morgan fingerprint density at radius 3 is 2.44 bits per heavy atom. The normalized spacial score (nSPS) is 10.4. The lowest BCUT2D eigenvalue weighted by Crippen LogP contribution is -2.37. The van der Waals surface area contributed by atoms with E-state index in [1.54, 1.807) is 18.2 Å². The van der Waals surface area contributed by atoms with E-state index in [0.717, 1.165) is 28.8 Å². The summed E-state index contributed by atoms with van der Waals surface area (Å²) in [7, 11) is 0. The van der Waals surface area contributed by atoms with Crippen molar-refractivity contribution in [3.63, 3.8) is 0 Å². The minimum absolute atomic E-state index is 0.0325. The fraction of sp³-hybridized carbons (Fsp3) is 0.300. The summed E-state index contributed by atoms with van der Waals surface area (Å²) in [6.45, 7) is 7.31. The molecule has 0 bridgehead atoms. The number of hydrogen-bond donors (Lipinski definition) is 1. The number of rotatable bonds is 5. The van der Waals surface area contributed by atoms with Crippen molar-refractivity contribution in [2.45, 2.75) is 34.1 Å². The van der Waals surface area contributed by atoms with E-state index in [1.807, 2.05) is 39.0 Å². The second kappa shape index (κ2) is 8.17. The van der Waals surface area contributed by atoms with Gasteiger partial charge in [-0.05, 0) is 55.2 Å². The Kier molecular flexibility index (Phi) is 6.21. The molecule has 1 N–H and O–H groups in total. The molecule has 0 saturated carbocycles. The zero-order valence-corrected chi connectivity index (χ0v) is 15.8. The fourth-order valence-electron chi connectivity index (χ4n) is 2.84. The summed E-state index contributed by atoms with van der Waals surface area (Å²) in [6.07, 6.45) is 0.790. The minimum atomic E-state index is -0.245. The first kappa shape index (κ1) is 19.0. The Labute approximate surface area is 153 Å². The van der Waals surface area contributed by atoms with Crippen molar-refractivity contribution in [1.82, 2.24) is 0 Å². The number of nitrogens with one attached hydrogen (secondary N) is 1. The molecule has 25 heavy (non-hydrogen) atoms. The van der Waals surface area contributed by atoms with Gasteiger partial charge >= 0.3 is 0 Å². The molecule has 0 aliphatic carbocycles. The molecule has 0 radical (unpaired) electrons. The van der Waals surface area contributed by atoms with Crippen molar-refractivity contribution >= 4 is 34.8 Å². The minimum Gasteiger partial charge on any atom is -0.324 e. The molecule has 0 aromatic heterocycles. The molecular weight excluding hydrogens is 336 g/mol. The van der Waals surface area contributed by atoms with Gasteiger partial charge in [-0.1, -0.05) is 36.7 Å². The molecule has 0 aliphatic heterocycles. The smallest absolute Gasteiger partial charge is 0.244 e. The molecule has 2 amide bonds. The van der Waals surface area contributed by atoms with Crippen LogP contribution in [0.15, 0.2) is 36.4 Å². The Balaban J connectivity index is 2.25. The summed E-state index contributed by atoms with van der Waals surface area (Å²) < 4.78 is 0. The van der Waals surface area contributed by atoms with E-state index in [4.69, 9.17) is 11.6 Å². The first-order valence-electron chi connectivity index (χ1n) is 8.26. The average molecular weight is 359 g/mol. The quantitative estimate of drug-likeness (QED) is 0.854. The van der Waals surface area contributed by atoms with E-state index in [2.05, 4.69) is 5.32 Å². The highest BCUT2D eigenvalue weighted by molar-refractivity contribution is 6.30. The third kappa shape index (κ3) is 4.60. The van der Waals surface area contributed by atoms with Gasteiger partial charge in [-0.2, -0.15) is 0 Å². The van der Waals surface area contributed by atoms with Crippen LogP contribution in [0, 0.1) is 13.8 Å². The molecule has 0 aliphatic rings. The van der Waals surface area contributed by atoms with E-state index < -0.39 is 0 Å². The first-order valence-corrected chi connectivity index (χ1v) is 8.63. The summed E-state index contributed by atoms with van der Waals surface area (Å²) in [6, 6.07) is 11.2. The summed E-state index contributed by atoms with van der Waals surface area (Å²) in [5.41, 5.74) is 4.41. The maximum atomic E-state index is 12.5. The largest absolute Gasteiger partial charge is 0.324 e. The molecule has 2 aromatic carbocycles. The molecule has 132 valence electrons. The highest BCUT2D eigenvalue weighted by Crippen LogP contribution is 2.26. The standard InChI is InChI=1S/C20H23ClN2O2/c1-5-16-8-6-7-13(2)20(16)23(15(4)24)12-19(25)22-18-10-9-17(21)11-14(18)3/h6-11H,5,12H2,1-4H3,(H,22,25). The van der Waals surface area contributed by atoms with Crippen LogP contribution in [-0.4, -0.2) is 18.4 Å². The summed E-state index contributed by atoms with van der Waals surface area (Å²) in [4.78, 5) is 26.2. The molecular formula is C20H23ClN2O2. The molecule has 2 aromatic rings. The Morgan fingerprint density at radius 2 is 1.84 bits per heavy atom. The van der Waals surface area contributed by atoms with E-state index >= 15 is 0 Å². The Morgan fingerprint density at radius 1 is 1.12 bits per heavy atom. The van der Waals surface area contributed by atoms with Crippen molar-refractivity contribution in [2.75, 3.05) is 16.8 Å². The van der Waals surface area contributed by atoms with Crippen molar-refractivity contribution in [2.24, 2.45) is 0 Å². The lowest BCUT2D eigenvalue weighted by molar-refractivity contribution is -0.120. The third-order valence-electron chi connectivity index (χ3n) is 4.12. The van der Waals surface area contributed by atoms with E-state index in [9.17, 15) is 9.59 Å². The van der Waals surface area contributed by atoms with Gasteiger partial charge in [-0.15, -0.1) is 0 Å². The third-order valence-corrected chi connectivity index (χ3v) is 4.35.